The van der Waals surface area contributed by atoms with Gasteiger partial charge in [0, 0.05) is 24.3 Å². The molecule has 3 N–H and O–H groups in total. The summed E-state index contributed by atoms with van der Waals surface area (Å²) in [5.74, 6) is -0.562. The van der Waals surface area contributed by atoms with Crippen LogP contribution in [0.3, 0.4) is 0 Å². The van der Waals surface area contributed by atoms with Gasteiger partial charge in [-0.05, 0) is 42.8 Å². The maximum absolute atomic E-state index is 12.8. The quantitative estimate of drug-likeness (QED) is 0.711. The first-order chi connectivity index (χ1) is 13.6. The molecule has 0 saturated carbocycles. The van der Waals surface area contributed by atoms with Crippen LogP contribution in [-0.4, -0.2) is 53.4 Å². The predicted octanol–water partition coefficient (Wildman–Crippen LogP) is 0.916. The molecular weight excluding hydrogens is 418 g/mol. The number of sulfonamides is 2. The number of carbonyl (C=O) groups excluding carboxylic acids is 1. The zero-order chi connectivity index (χ0) is 21.2. The minimum Gasteiger partial charge on any atom is -0.379 e. The maximum atomic E-state index is 12.8. The topological polar surface area (TPSA) is 136 Å². The second-order valence-corrected chi connectivity index (χ2v) is 10.0. The van der Waals surface area contributed by atoms with Gasteiger partial charge < -0.3 is 10.1 Å². The van der Waals surface area contributed by atoms with E-state index in [1.807, 2.05) is 0 Å². The molecule has 0 aromatic heterocycles. The molecule has 0 bridgehead atoms. The number of hydrogen-bond acceptors (Lipinski definition) is 6. The minimum absolute atomic E-state index is 0.00781. The number of anilines is 1. The third-order valence-electron chi connectivity index (χ3n) is 4.48. The molecule has 1 amide bonds. The second kappa shape index (κ2) is 8.20. The number of morpholine rings is 1. The van der Waals surface area contributed by atoms with Crippen molar-refractivity contribution in [2.24, 2.45) is 5.14 Å². The van der Waals surface area contributed by atoms with Crippen molar-refractivity contribution in [3.8, 4) is 0 Å². The predicted molar refractivity (Wildman–Crippen MR) is 107 cm³/mol. The number of rotatable bonds is 5. The fraction of sp³-hybridized carbons (Fsp3) is 0.278. The summed E-state index contributed by atoms with van der Waals surface area (Å²) in [6.45, 7) is 2.81. The lowest BCUT2D eigenvalue weighted by Crippen LogP contribution is -2.40. The van der Waals surface area contributed by atoms with Crippen molar-refractivity contribution in [1.82, 2.24) is 4.31 Å². The van der Waals surface area contributed by atoms with E-state index in [4.69, 9.17) is 9.88 Å². The number of nitrogens with one attached hydrogen (secondary N) is 1. The summed E-state index contributed by atoms with van der Waals surface area (Å²) in [6, 6.07) is 9.83. The number of primary sulfonamides is 1. The van der Waals surface area contributed by atoms with Crippen LogP contribution < -0.4 is 10.5 Å². The Labute approximate surface area is 169 Å². The van der Waals surface area contributed by atoms with Gasteiger partial charge >= 0.3 is 0 Å². The van der Waals surface area contributed by atoms with Crippen LogP contribution in [0.2, 0.25) is 0 Å². The third kappa shape index (κ3) is 4.82. The lowest BCUT2D eigenvalue weighted by atomic mass is 10.1. The Morgan fingerprint density at radius 1 is 1.03 bits per heavy atom. The Bertz CT molecular complexity index is 1140. The second-order valence-electron chi connectivity index (χ2n) is 6.52. The van der Waals surface area contributed by atoms with Gasteiger partial charge in [-0.25, -0.2) is 22.0 Å². The lowest BCUT2D eigenvalue weighted by molar-refractivity contribution is 0.0730. The van der Waals surface area contributed by atoms with Crippen LogP contribution in [0, 0.1) is 6.92 Å². The molecule has 1 heterocycles. The Balaban J connectivity index is 1.89. The highest BCUT2D eigenvalue weighted by atomic mass is 32.2. The summed E-state index contributed by atoms with van der Waals surface area (Å²) >= 11 is 0. The van der Waals surface area contributed by atoms with E-state index >= 15 is 0 Å². The number of nitrogens with two attached hydrogens (primary N) is 1. The summed E-state index contributed by atoms with van der Waals surface area (Å²) in [4.78, 5) is 12.6. The molecule has 1 aliphatic heterocycles. The van der Waals surface area contributed by atoms with E-state index in [9.17, 15) is 21.6 Å². The standard InChI is InChI=1S/C18H21N3O6S2/c1-13-5-6-16(29(25,26)21-7-9-27-10-8-21)12-17(13)18(22)20-14-3-2-4-15(11-14)28(19,23)24/h2-6,11-12H,7-10H2,1H3,(H,20,22)(H2,19,23,24). The van der Waals surface area contributed by atoms with Gasteiger partial charge in [-0.15, -0.1) is 0 Å². The molecular formula is C18H21N3O6S2. The van der Waals surface area contributed by atoms with Gasteiger partial charge in [0.1, 0.15) is 0 Å². The van der Waals surface area contributed by atoms with E-state index in [1.165, 1.54) is 40.7 Å². The molecule has 1 fully saturated rings. The summed E-state index contributed by atoms with van der Waals surface area (Å²) in [7, 11) is -7.68. The highest BCUT2D eigenvalue weighted by Crippen LogP contribution is 2.22. The Morgan fingerprint density at radius 3 is 2.38 bits per heavy atom. The van der Waals surface area contributed by atoms with Crippen LogP contribution in [0.5, 0.6) is 0 Å². The first-order valence-electron chi connectivity index (χ1n) is 8.72. The molecule has 29 heavy (non-hydrogen) atoms. The van der Waals surface area contributed by atoms with Crippen molar-refractivity contribution < 1.29 is 26.4 Å². The van der Waals surface area contributed by atoms with E-state index in [2.05, 4.69) is 5.32 Å². The summed E-state index contributed by atoms with van der Waals surface area (Å²) in [6.07, 6.45) is 0. The minimum atomic E-state index is -3.92. The van der Waals surface area contributed by atoms with Gasteiger partial charge in [-0.3, -0.25) is 4.79 Å². The molecule has 0 unspecified atom stereocenters. The summed E-state index contributed by atoms with van der Waals surface area (Å²) < 4.78 is 55.2. The summed E-state index contributed by atoms with van der Waals surface area (Å²) in [5, 5.41) is 7.69. The number of ether oxygens (including phenoxy) is 1. The zero-order valence-corrected chi connectivity index (χ0v) is 17.3. The van der Waals surface area contributed by atoms with Crippen LogP contribution >= 0.6 is 0 Å². The van der Waals surface area contributed by atoms with E-state index < -0.39 is 26.0 Å². The monoisotopic (exact) mass is 439 g/mol. The number of aryl methyl sites for hydroxylation is 1. The van der Waals surface area contributed by atoms with Crippen molar-refractivity contribution in [1.29, 1.82) is 0 Å². The number of nitrogens with zero attached hydrogens (tertiary/aromatic N) is 1. The van der Waals surface area contributed by atoms with Crippen LogP contribution in [-0.2, 0) is 24.8 Å². The van der Waals surface area contributed by atoms with Crippen molar-refractivity contribution in [3.63, 3.8) is 0 Å². The lowest BCUT2D eigenvalue weighted by Gasteiger charge is -2.26. The molecule has 0 spiro atoms. The average Bonchev–Trinajstić information content (AvgIpc) is 2.68. The molecule has 0 atom stereocenters. The molecule has 0 radical (unpaired) electrons. The number of amides is 1. The highest BCUT2D eigenvalue weighted by molar-refractivity contribution is 7.89. The maximum Gasteiger partial charge on any atom is 0.255 e. The zero-order valence-electron chi connectivity index (χ0n) is 15.7. The first-order valence-corrected chi connectivity index (χ1v) is 11.7. The number of benzene rings is 2. The smallest absolute Gasteiger partial charge is 0.255 e. The molecule has 156 valence electrons. The van der Waals surface area contributed by atoms with E-state index in [1.54, 1.807) is 13.0 Å². The van der Waals surface area contributed by atoms with E-state index in [0.717, 1.165) is 0 Å². The van der Waals surface area contributed by atoms with Gasteiger partial charge in [-0.2, -0.15) is 4.31 Å². The highest BCUT2D eigenvalue weighted by Gasteiger charge is 2.27. The van der Waals surface area contributed by atoms with E-state index in [0.29, 0.717) is 18.8 Å². The van der Waals surface area contributed by atoms with Gasteiger partial charge in [0.2, 0.25) is 20.0 Å². The third-order valence-corrected chi connectivity index (χ3v) is 7.29. The average molecular weight is 440 g/mol. The fourth-order valence-electron chi connectivity index (χ4n) is 2.89. The number of hydrogen-bond donors (Lipinski definition) is 2. The van der Waals surface area contributed by atoms with Crippen LogP contribution in [0.1, 0.15) is 15.9 Å². The van der Waals surface area contributed by atoms with Gasteiger partial charge in [-0.1, -0.05) is 12.1 Å². The van der Waals surface area contributed by atoms with Crippen molar-refractivity contribution in [2.75, 3.05) is 31.6 Å². The normalized spacial score (nSPS) is 15.8. The fourth-order valence-corrected chi connectivity index (χ4v) is 4.89. The van der Waals surface area contributed by atoms with Gasteiger partial charge in [0.25, 0.3) is 5.91 Å². The molecule has 11 heteroatoms. The van der Waals surface area contributed by atoms with Gasteiger partial charge in [0.15, 0.2) is 0 Å². The summed E-state index contributed by atoms with van der Waals surface area (Å²) in [5.41, 5.74) is 0.966. The largest absolute Gasteiger partial charge is 0.379 e. The Hall–Kier alpha value is -2.31. The molecule has 2 aromatic rings. The molecule has 1 saturated heterocycles. The molecule has 9 nitrogen and oxygen atoms in total. The van der Waals surface area contributed by atoms with Crippen molar-refractivity contribution in [2.45, 2.75) is 16.7 Å². The van der Waals surface area contributed by atoms with Gasteiger partial charge in [0.05, 0.1) is 23.0 Å². The molecule has 2 aromatic carbocycles. The number of carbonyl (C=O) groups is 1. The Kier molecular flexibility index (Phi) is 6.05. The molecule has 1 aliphatic rings. The van der Waals surface area contributed by atoms with E-state index in [-0.39, 0.29) is 34.1 Å². The molecule has 3 rings (SSSR count). The van der Waals surface area contributed by atoms with Crippen molar-refractivity contribution >= 4 is 31.6 Å². The van der Waals surface area contributed by atoms with Crippen LogP contribution in [0.4, 0.5) is 5.69 Å². The SMILES string of the molecule is Cc1ccc(S(=O)(=O)N2CCOCC2)cc1C(=O)Nc1cccc(S(N)(=O)=O)c1. The van der Waals surface area contributed by atoms with Crippen LogP contribution in [0.15, 0.2) is 52.3 Å². The first kappa shape index (κ1) is 21.4. The Morgan fingerprint density at radius 2 is 1.72 bits per heavy atom. The van der Waals surface area contributed by atoms with Crippen LogP contribution in [0.25, 0.3) is 0 Å². The molecule has 0 aliphatic carbocycles. The van der Waals surface area contributed by atoms with Crippen molar-refractivity contribution in [3.05, 3.63) is 53.6 Å².